The van der Waals surface area contributed by atoms with Crippen LogP contribution < -0.4 is 15.4 Å². The minimum atomic E-state index is -0.321. The average Bonchev–Trinajstić information content (AvgIpc) is 3.01. The van der Waals surface area contributed by atoms with E-state index >= 15 is 0 Å². The lowest BCUT2D eigenvalue weighted by Crippen LogP contribution is -2.32. The first-order valence-corrected chi connectivity index (χ1v) is 7.60. The Morgan fingerprint density at radius 3 is 2.71 bits per heavy atom. The molecule has 0 bridgehead atoms. The van der Waals surface area contributed by atoms with E-state index in [-0.39, 0.29) is 12.1 Å². The Labute approximate surface area is 139 Å². The molecule has 1 aromatic carbocycles. The van der Waals surface area contributed by atoms with Crippen molar-refractivity contribution < 1.29 is 9.53 Å². The van der Waals surface area contributed by atoms with E-state index in [1.807, 2.05) is 31.2 Å². The van der Waals surface area contributed by atoms with Crippen molar-refractivity contribution in [3.05, 3.63) is 47.9 Å². The summed E-state index contributed by atoms with van der Waals surface area (Å²) >= 11 is 0. The molecule has 2 aromatic heterocycles. The molecule has 3 aromatic rings. The highest BCUT2D eigenvalue weighted by Gasteiger charge is 2.14. The summed E-state index contributed by atoms with van der Waals surface area (Å²) in [5.41, 5.74) is 3.12. The standard InChI is InChI=1S/C17H19N5O2/c1-10-12(8-9-15(18-10)24-3)22-17(23)19-11(2)16-20-13-6-4-5-7-14(13)21-16/h4-9,11H,1-3H3,(H,20,21)(H2,19,22,23)/t11-/m1/s1. The van der Waals surface area contributed by atoms with Gasteiger partial charge in [-0.2, -0.15) is 0 Å². The molecule has 124 valence electrons. The normalized spacial score (nSPS) is 12.0. The highest BCUT2D eigenvalue weighted by molar-refractivity contribution is 5.90. The van der Waals surface area contributed by atoms with Crippen LogP contribution in [0, 0.1) is 6.92 Å². The molecule has 7 heteroatoms. The number of anilines is 1. The van der Waals surface area contributed by atoms with Crippen LogP contribution in [0.5, 0.6) is 5.88 Å². The summed E-state index contributed by atoms with van der Waals surface area (Å²) in [6.07, 6.45) is 0. The number of H-pyrrole nitrogens is 1. The number of benzene rings is 1. The predicted molar refractivity (Wildman–Crippen MR) is 92.2 cm³/mol. The molecule has 0 spiro atoms. The molecule has 0 aliphatic carbocycles. The monoisotopic (exact) mass is 325 g/mol. The summed E-state index contributed by atoms with van der Waals surface area (Å²) in [7, 11) is 1.55. The number of nitrogens with one attached hydrogen (secondary N) is 3. The number of imidazole rings is 1. The van der Waals surface area contributed by atoms with Crippen LogP contribution in [-0.2, 0) is 0 Å². The van der Waals surface area contributed by atoms with Crippen LogP contribution in [0.1, 0.15) is 24.5 Å². The number of para-hydroxylation sites is 2. The van der Waals surface area contributed by atoms with Crippen LogP contribution in [0.15, 0.2) is 36.4 Å². The molecule has 1 atom stereocenters. The Morgan fingerprint density at radius 2 is 2.00 bits per heavy atom. The molecule has 0 fully saturated rings. The number of ether oxygens (including phenoxy) is 1. The number of pyridine rings is 1. The molecular weight excluding hydrogens is 306 g/mol. The molecule has 0 aliphatic rings. The van der Waals surface area contributed by atoms with Crippen molar-refractivity contribution in [2.24, 2.45) is 0 Å². The number of amides is 2. The smallest absolute Gasteiger partial charge is 0.319 e. The van der Waals surface area contributed by atoms with Gasteiger partial charge in [0.25, 0.3) is 0 Å². The van der Waals surface area contributed by atoms with Crippen molar-refractivity contribution in [1.82, 2.24) is 20.3 Å². The molecule has 0 aliphatic heterocycles. The molecule has 3 rings (SSSR count). The molecule has 2 heterocycles. The summed E-state index contributed by atoms with van der Waals surface area (Å²) in [5.74, 6) is 1.21. The second kappa shape index (κ2) is 6.57. The number of aromatic nitrogens is 3. The molecule has 24 heavy (non-hydrogen) atoms. The quantitative estimate of drug-likeness (QED) is 0.687. The van der Waals surface area contributed by atoms with E-state index in [0.717, 1.165) is 11.0 Å². The Morgan fingerprint density at radius 1 is 1.21 bits per heavy atom. The zero-order chi connectivity index (χ0) is 17.1. The number of rotatable bonds is 4. The summed E-state index contributed by atoms with van der Waals surface area (Å²) < 4.78 is 5.05. The van der Waals surface area contributed by atoms with Crippen LogP contribution in [-0.4, -0.2) is 28.1 Å². The fraction of sp³-hybridized carbons (Fsp3) is 0.235. The third-order valence-electron chi connectivity index (χ3n) is 3.68. The number of urea groups is 1. The molecule has 0 saturated heterocycles. The van der Waals surface area contributed by atoms with Gasteiger partial charge in [0.15, 0.2) is 0 Å². The molecule has 3 N–H and O–H groups in total. The number of nitrogens with zero attached hydrogens (tertiary/aromatic N) is 2. The lowest BCUT2D eigenvalue weighted by molar-refractivity contribution is 0.249. The third kappa shape index (κ3) is 3.29. The van der Waals surface area contributed by atoms with Gasteiger partial charge in [0.2, 0.25) is 5.88 Å². The molecular formula is C17H19N5O2. The number of carbonyl (C=O) groups excluding carboxylic acids is 1. The lowest BCUT2D eigenvalue weighted by Gasteiger charge is -2.14. The Kier molecular flexibility index (Phi) is 4.33. The molecule has 0 unspecified atom stereocenters. The second-order valence-electron chi connectivity index (χ2n) is 5.45. The fourth-order valence-electron chi connectivity index (χ4n) is 2.38. The van der Waals surface area contributed by atoms with E-state index in [1.165, 1.54) is 0 Å². The van der Waals surface area contributed by atoms with E-state index in [4.69, 9.17) is 4.74 Å². The summed E-state index contributed by atoms with van der Waals surface area (Å²) in [6.45, 7) is 3.68. The summed E-state index contributed by atoms with van der Waals surface area (Å²) in [5, 5.41) is 5.64. The van der Waals surface area contributed by atoms with Crippen LogP contribution in [0.4, 0.5) is 10.5 Å². The molecule has 2 amide bonds. The molecule has 7 nitrogen and oxygen atoms in total. The summed E-state index contributed by atoms with van der Waals surface area (Å²) in [6, 6.07) is 10.6. The van der Waals surface area contributed by atoms with Gasteiger partial charge in [-0.05, 0) is 32.0 Å². The number of methoxy groups -OCH3 is 1. The number of aromatic amines is 1. The molecule has 0 saturated carbocycles. The Balaban J connectivity index is 1.67. The average molecular weight is 325 g/mol. The summed E-state index contributed by atoms with van der Waals surface area (Å²) in [4.78, 5) is 24.1. The highest BCUT2D eigenvalue weighted by atomic mass is 16.5. The second-order valence-corrected chi connectivity index (χ2v) is 5.45. The first-order chi connectivity index (χ1) is 11.6. The predicted octanol–water partition coefficient (Wildman–Crippen LogP) is 3.16. The Bertz CT molecular complexity index is 841. The van der Waals surface area contributed by atoms with Gasteiger partial charge in [0.05, 0.1) is 35.6 Å². The zero-order valence-corrected chi connectivity index (χ0v) is 13.8. The largest absolute Gasteiger partial charge is 0.481 e. The SMILES string of the molecule is COc1ccc(NC(=O)N[C@H](C)c2nc3ccccc3[nH]2)c(C)n1. The topological polar surface area (TPSA) is 91.9 Å². The zero-order valence-electron chi connectivity index (χ0n) is 13.8. The lowest BCUT2D eigenvalue weighted by atomic mass is 10.3. The number of hydrogen-bond acceptors (Lipinski definition) is 4. The van der Waals surface area contributed by atoms with Crippen LogP contribution in [0.2, 0.25) is 0 Å². The van der Waals surface area contributed by atoms with E-state index in [9.17, 15) is 4.79 Å². The van der Waals surface area contributed by atoms with E-state index in [0.29, 0.717) is 23.1 Å². The minimum Gasteiger partial charge on any atom is -0.481 e. The minimum absolute atomic E-state index is 0.260. The van der Waals surface area contributed by atoms with Gasteiger partial charge in [-0.3, -0.25) is 0 Å². The number of carbonyl (C=O) groups is 1. The van der Waals surface area contributed by atoms with Gasteiger partial charge in [-0.15, -0.1) is 0 Å². The Hall–Kier alpha value is -3.09. The maximum absolute atomic E-state index is 12.2. The van der Waals surface area contributed by atoms with Gasteiger partial charge in [0, 0.05) is 6.07 Å². The van der Waals surface area contributed by atoms with E-state index < -0.39 is 0 Å². The maximum atomic E-state index is 12.2. The van der Waals surface area contributed by atoms with Gasteiger partial charge in [-0.25, -0.2) is 14.8 Å². The first-order valence-electron chi connectivity index (χ1n) is 7.60. The first kappa shape index (κ1) is 15.8. The maximum Gasteiger partial charge on any atom is 0.319 e. The van der Waals surface area contributed by atoms with Crippen molar-refractivity contribution in [2.45, 2.75) is 19.9 Å². The number of fused-ring (bicyclic) bond motifs is 1. The third-order valence-corrected chi connectivity index (χ3v) is 3.68. The van der Waals surface area contributed by atoms with E-state index in [2.05, 4.69) is 25.6 Å². The van der Waals surface area contributed by atoms with Crippen LogP contribution >= 0.6 is 0 Å². The van der Waals surface area contributed by atoms with Gasteiger partial charge < -0.3 is 20.4 Å². The van der Waals surface area contributed by atoms with Gasteiger partial charge in [-0.1, -0.05) is 12.1 Å². The van der Waals surface area contributed by atoms with Crippen molar-refractivity contribution >= 4 is 22.8 Å². The van der Waals surface area contributed by atoms with Crippen molar-refractivity contribution in [2.75, 3.05) is 12.4 Å². The van der Waals surface area contributed by atoms with Crippen LogP contribution in [0.25, 0.3) is 11.0 Å². The van der Waals surface area contributed by atoms with Crippen molar-refractivity contribution in [3.63, 3.8) is 0 Å². The van der Waals surface area contributed by atoms with Crippen molar-refractivity contribution in [1.29, 1.82) is 0 Å². The highest BCUT2D eigenvalue weighted by Crippen LogP contribution is 2.18. The van der Waals surface area contributed by atoms with Crippen molar-refractivity contribution in [3.8, 4) is 5.88 Å². The molecule has 0 radical (unpaired) electrons. The number of aryl methyl sites for hydroxylation is 1. The number of hydrogen-bond donors (Lipinski definition) is 3. The van der Waals surface area contributed by atoms with Gasteiger partial charge >= 0.3 is 6.03 Å². The van der Waals surface area contributed by atoms with Gasteiger partial charge in [0.1, 0.15) is 5.82 Å². The van der Waals surface area contributed by atoms with E-state index in [1.54, 1.807) is 26.2 Å². The van der Waals surface area contributed by atoms with Crippen LogP contribution in [0.3, 0.4) is 0 Å². The fourth-order valence-corrected chi connectivity index (χ4v) is 2.38.